The fourth-order valence-electron chi connectivity index (χ4n) is 4.70. The van der Waals surface area contributed by atoms with Crippen molar-refractivity contribution in [1.29, 1.82) is 0 Å². The van der Waals surface area contributed by atoms with Crippen molar-refractivity contribution in [2.75, 3.05) is 39.4 Å². The predicted octanol–water partition coefficient (Wildman–Crippen LogP) is 3.27. The Morgan fingerprint density at radius 2 is 1.94 bits per heavy atom. The fourth-order valence-corrected chi connectivity index (χ4v) is 5.04. The lowest BCUT2D eigenvalue weighted by Gasteiger charge is -2.30. The van der Waals surface area contributed by atoms with Crippen LogP contribution in [0, 0.1) is 6.92 Å². The van der Waals surface area contributed by atoms with Gasteiger partial charge in [-0.15, -0.1) is 0 Å². The summed E-state index contributed by atoms with van der Waals surface area (Å²) in [5.41, 5.74) is 3.29. The lowest BCUT2D eigenvalue weighted by Crippen LogP contribution is -2.39. The van der Waals surface area contributed by atoms with E-state index in [1.165, 1.54) is 0 Å². The van der Waals surface area contributed by atoms with Crippen LogP contribution in [0.25, 0.3) is 5.82 Å². The molecule has 0 saturated carbocycles. The molecule has 0 aliphatic carbocycles. The summed E-state index contributed by atoms with van der Waals surface area (Å²) in [5, 5.41) is 4.34. The Morgan fingerprint density at radius 3 is 2.70 bits per heavy atom. The van der Waals surface area contributed by atoms with Crippen molar-refractivity contribution in [1.82, 2.24) is 29.7 Å². The molecule has 2 fully saturated rings. The van der Waals surface area contributed by atoms with Crippen LogP contribution in [0.4, 0.5) is 0 Å². The smallest absolute Gasteiger partial charge is 0.170 e. The van der Waals surface area contributed by atoms with Crippen LogP contribution in [0.15, 0.2) is 61.1 Å². The van der Waals surface area contributed by atoms with Gasteiger partial charge >= 0.3 is 0 Å². The van der Waals surface area contributed by atoms with Crippen LogP contribution in [0.2, 0.25) is 0 Å². The number of hydrogen-bond donors (Lipinski definition) is 1. The second-order valence-electron chi connectivity index (χ2n) is 8.62. The lowest BCUT2D eigenvalue weighted by atomic mass is 10.0. The van der Waals surface area contributed by atoms with Gasteiger partial charge in [0.2, 0.25) is 0 Å². The maximum absolute atomic E-state index is 5.84. The number of ether oxygens (including phenoxy) is 1. The Morgan fingerprint density at radius 1 is 1.06 bits per heavy atom. The van der Waals surface area contributed by atoms with Crippen LogP contribution in [0.5, 0.6) is 0 Å². The molecule has 3 aromatic heterocycles. The van der Waals surface area contributed by atoms with Gasteiger partial charge in [-0.3, -0.25) is 9.88 Å². The molecule has 2 saturated heterocycles. The van der Waals surface area contributed by atoms with Gasteiger partial charge < -0.3 is 19.5 Å². The first kappa shape index (κ1) is 22.0. The van der Waals surface area contributed by atoms with Crippen LogP contribution in [-0.4, -0.2) is 68.8 Å². The van der Waals surface area contributed by atoms with Crippen molar-refractivity contribution in [2.24, 2.45) is 0 Å². The molecule has 2 aliphatic rings. The van der Waals surface area contributed by atoms with Gasteiger partial charge in [0.15, 0.2) is 5.11 Å². The zero-order chi connectivity index (χ0) is 22.6. The van der Waals surface area contributed by atoms with E-state index in [1.54, 1.807) is 0 Å². The topological polar surface area (TPSA) is 58.5 Å². The largest absolute Gasteiger partial charge is 0.379 e. The third-order valence-electron chi connectivity index (χ3n) is 6.40. The highest BCUT2D eigenvalue weighted by molar-refractivity contribution is 7.80. The molecule has 0 radical (unpaired) electrons. The van der Waals surface area contributed by atoms with Gasteiger partial charge in [0, 0.05) is 50.5 Å². The van der Waals surface area contributed by atoms with Gasteiger partial charge in [0.1, 0.15) is 5.82 Å². The highest BCUT2D eigenvalue weighted by atomic mass is 32.1. The van der Waals surface area contributed by atoms with E-state index in [0.717, 1.165) is 73.7 Å². The van der Waals surface area contributed by atoms with E-state index in [1.807, 2.05) is 24.5 Å². The van der Waals surface area contributed by atoms with Crippen LogP contribution in [0.3, 0.4) is 0 Å². The van der Waals surface area contributed by atoms with Crippen molar-refractivity contribution in [2.45, 2.75) is 25.4 Å². The van der Waals surface area contributed by atoms with Crippen molar-refractivity contribution in [3.05, 3.63) is 78.0 Å². The standard InChI is InChI=1S/C25H30N6OS/c1-19-8-9-22(27-18-19)30-12-4-7-21(30)24-23(20-6-2-3-10-26-20)28-25(33)31(24)13-5-11-29-14-16-32-17-15-29/h2-4,6-10,12,18,23-24H,5,11,13-17H2,1H3,(H,28,33)/t23-,24-/m1/s1. The minimum absolute atomic E-state index is 0.0233. The summed E-state index contributed by atoms with van der Waals surface area (Å²) in [6.45, 7) is 7.64. The van der Waals surface area contributed by atoms with Crippen LogP contribution >= 0.6 is 12.2 Å². The highest BCUT2D eigenvalue weighted by Crippen LogP contribution is 2.39. The van der Waals surface area contributed by atoms with E-state index in [9.17, 15) is 0 Å². The lowest BCUT2D eigenvalue weighted by molar-refractivity contribution is 0.0365. The number of thiocarbonyl (C=S) groups is 1. The van der Waals surface area contributed by atoms with E-state index in [4.69, 9.17) is 17.0 Å². The van der Waals surface area contributed by atoms with Gasteiger partial charge in [0.25, 0.3) is 0 Å². The van der Waals surface area contributed by atoms with E-state index < -0.39 is 0 Å². The molecular formula is C25H30N6OS. The SMILES string of the molecule is Cc1ccc(-n2cccc2[C@@H]2[C@@H](c3ccccn3)NC(=S)N2CCCN2CCOCC2)nc1. The summed E-state index contributed by atoms with van der Waals surface area (Å²) >= 11 is 5.84. The van der Waals surface area contributed by atoms with Gasteiger partial charge in [-0.2, -0.15) is 0 Å². The molecule has 33 heavy (non-hydrogen) atoms. The molecule has 5 rings (SSSR count). The molecule has 2 aliphatic heterocycles. The van der Waals surface area contributed by atoms with E-state index in [0.29, 0.717) is 0 Å². The Bertz CT molecular complexity index is 1060. The molecule has 172 valence electrons. The molecule has 0 spiro atoms. The molecule has 0 unspecified atom stereocenters. The average Bonchev–Trinajstić information content (AvgIpc) is 3.45. The molecule has 1 N–H and O–H groups in total. The number of hydrogen-bond acceptors (Lipinski definition) is 5. The Kier molecular flexibility index (Phi) is 6.66. The first-order chi connectivity index (χ1) is 16.2. The number of rotatable bonds is 7. The van der Waals surface area contributed by atoms with Crippen molar-refractivity contribution < 1.29 is 4.74 Å². The second kappa shape index (κ2) is 9.99. The molecule has 0 bridgehead atoms. The zero-order valence-electron chi connectivity index (χ0n) is 18.9. The maximum atomic E-state index is 5.84. The summed E-state index contributed by atoms with van der Waals surface area (Å²) < 4.78 is 7.66. The van der Waals surface area contributed by atoms with Crippen LogP contribution in [0.1, 0.15) is 35.5 Å². The number of nitrogens with one attached hydrogen (secondary N) is 1. The Balaban J connectivity index is 1.44. The quantitative estimate of drug-likeness (QED) is 0.541. The van der Waals surface area contributed by atoms with Gasteiger partial charge in [-0.25, -0.2) is 4.98 Å². The molecule has 0 aromatic carbocycles. The van der Waals surface area contributed by atoms with Crippen molar-refractivity contribution in [3.63, 3.8) is 0 Å². The number of aromatic nitrogens is 3. The molecule has 3 aromatic rings. The van der Waals surface area contributed by atoms with Crippen molar-refractivity contribution >= 4 is 17.3 Å². The maximum Gasteiger partial charge on any atom is 0.170 e. The monoisotopic (exact) mass is 462 g/mol. The molecule has 7 nitrogen and oxygen atoms in total. The first-order valence-corrected chi connectivity index (χ1v) is 12.0. The highest BCUT2D eigenvalue weighted by Gasteiger charge is 2.41. The Hall–Kier alpha value is -2.81. The summed E-state index contributed by atoms with van der Waals surface area (Å²) in [5.74, 6) is 0.909. The average molecular weight is 463 g/mol. The third-order valence-corrected chi connectivity index (χ3v) is 6.75. The second-order valence-corrected chi connectivity index (χ2v) is 9.01. The molecular weight excluding hydrogens is 432 g/mol. The van der Waals surface area contributed by atoms with Crippen LogP contribution in [-0.2, 0) is 4.74 Å². The molecule has 8 heteroatoms. The number of morpholine rings is 1. The summed E-state index contributed by atoms with van der Waals surface area (Å²) in [6, 6.07) is 14.5. The van der Waals surface area contributed by atoms with E-state index in [2.05, 4.69) is 73.1 Å². The third kappa shape index (κ3) is 4.78. The summed E-state index contributed by atoms with van der Waals surface area (Å²) in [6.07, 6.45) is 6.87. The van der Waals surface area contributed by atoms with Crippen LogP contribution < -0.4 is 5.32 Å². The molecule has 0 amide bonds. The first-order valence-electron chi connectivity index (χ1n) is 11.6. The number of pyridine rings is 2. The molecule has 5 heterocycles. The van der Waals surface area contributed by atoms with Gasteiger partial charge in [0.05, 0.1) is 31.0 Å². The van der Waals surface area contributed by atoms with E-state index >= 15 is 0 Å². The van der Waals surface area contributed by atoms with Gasteiger partial charge in [-0.05, 0) is 61.5 Å². The number of nitrogens with zero attached hydrogens (tertiary/aromatic N) is 5. The molecule has 2 atom stereocenters. The number of aryl methyl sites for hydroxylation is 1. The van der Waals surface area contributed by atoms with E-state index in [-0.39, 0.29) is 12.1 Å². The normalized spacial score (nSPS) is 21.4. The van der Waals surface area contributed by atoms with Gasteiger partial charge in [-0.1, -0.05) is 12.1 Å². The summed E-state index contributed by atoms with van der Waals surface area (Å²) in [4.78, 5) is 14.1. The fraction of sp³-hybridized carbons (Fsp3) is 0.400. The minimum Gasteiger partial charge on any atom is -0.379 e. The van der Waals surface area contributed by atoms with Crippen molar-refractivity contribution in [3.8, 4) is 5.82 Å². The zero-order valence-corrected chi connectivity index (χ0v) is 19.7. The Labute approximate surface area is 200 Å². The summed E-state index contributed by atoms with van der Waals surface area (Å²) in [7, 11) is 0. The predicted molar refractivity (Wildman–Crippen MR) is 132 cm³/mol. The minimum atomic E-state index is -0.0267.